The van der Waals surface area contributed by atoms with Gasteiger partial charge in [0.2, 0.25) is 0 Å². The molecule has 0 saturated carbocycles. The zero-order chi connectivity index (χ0) is 15.4. The van der Waals surface area contributed by atoms with E-state index in [0.717, 1.165) is 0 Å². The summed E-state index contributed by atoms with van der Waals surface area (Å²) in [7, 11) is 0. The molecule has 0 bridgehead atoms. The highest BCUT2D eigenvalue weighted by Gasteiger charge is 2.59. The molecular formula is C13H22O7S. The van der Waals surface area contributed by atoms with Crippen molar-refractivity contribution in [3.05, 3.63) is 0 Å². The summed E-state index contributed by atoms with van der Waals surface area (Å²) in [6, 6.07) is 0. The number of fused-ring (bicyclic) bond motifs is 1. The van der Waals surface area contributed by atoms with E-state index >= 15 is 0 Å². The smallest absolute Gasteiger partial charge is 0.190 e. The highest BCUT2D eigenvalue weighted by molar-refractivity contribution is 7.79. The largest absolute Gasteiger partial charge is 0.348 e. The number of ether oxygens (including phenoxy) is 5. The minimum Gasteiger partial charge on any atom is -0.348 e. The van der Waals surface area contributed by atoms with Gasteiger partial charge in [0.25, 0.3) is 0 Å². The zero-order valence-corrected chi connectivity index (χ0v) is 13.7. The van der Waals surface area contributed by atoms with Gasteiger partial charge < -0.3 is 23.7 Å². The molecule has 8 heteroatoms. The van der Waals surface area contributed by atoms with Crippen molar-refractivity contribution >= 4 is 11.1 Å². The number of hydrogen-bond acceptors (Lipinski definition) is 7. The predicted octanol–water partition coefficient (Wildman–Crippen LogP) is 0.693. The van der Waals surface area contributed by atoms with Crippen LogP contribution in [-0.2, 0) is 38.9 Å². The Bertz CT molecular complexity index is 438. The molecule has 0 aromatic rings. The van der Waals surface area contributed by atoms with Crippen molar-refractivity contribution in [1.82, 2.24) is 0 Å². The van der Waals surface area contributed by atoms with Crippen molar-refractivity contribution in [2.24, 2.45) is 0 Å². The Morgan fingerprint density at radius 3 is 2.33 bits per heavy atom. The molecular weight excluding hydrogens is 300 g/mol. The van der Waals surface area contributed by atoms with Gasteiger partial charge in [-0.2, -0.15) is 0 Å². The van der Waals surface area contributed by atoms with E-state index in [9.17, 15) is 4.21 Å². The molecule has 0 aromatic carbocycles. The summed E-state index contributed by atoms with van der Waals surface area (Å²) in [5.41, 5.74) is 0. The van der Waals surface area contributed by atoms with Gasteiger partial charge in [-0.25, -0.2) is 4.21 Å². The molecule has 0 radical (unpaired) electrons. The lowest BCUT2D eigenvalue weighted by molar-refractivity contribution is -0.230. The summed E-state index contributed by atoms with van der Waals surface area (Å²) in [5.74, 6) is -1.41. The monoisotopic (exact) mass is 322 g/mol. The molecule has 0 spiro atoms. The molecule has 0 aliphatic carbocycles. The maximum Gasteiger partial charge on any atom is 0.190 e. The zero-order valence-electron chi connectivity index (χ0n) is 12.9. The van der Waals surface area contributed by atoms with Gasteiger partial charge in [0.15, 0.2) is 28.9 Å². The Morgan fingerprint density at radius 2 is 1.76 bits per heavy atom. The van der Waals surface area contributed by atoms with Crippen molar-refractivity contribution in [2.75, 3.05) is 12.9 Å². The molecule has 3 fully saturated rings. The molecule has 3 rings (SSSR count). The van der Waals surface area contributed by atoms with E-state index in [1.165, 1.54) is 6.26 Å². The molecule has 3 heterocycles. The lowest BCUT2D eigenvalue weighted by Crippen LogP contribution is -2.44. The fourth-order valence-electron chi connectivity index (χ4n) is 2.95. The molecule has 1 unspecified atom stereocenters. The van der Waals surface area contributed by atoms with Gasteiger partial charge >= 0.3 is 0 Å². The first-order valence-electron chi connectivity index (χ1n) is 7.00. The summed E-state index contributed by atoms with van der Waals surface area (Å²) in [5, 5.41) is 0. The van der Waals surface area contributed by atoms with Crippen molar-refractivity contribution in [3.8, 4) is 0 Å². The van der Waals surface area contributed by atoms with Crippen LogP contribution in [0.4, 0.5) is 0 Å². The Morgan fingerprint density at radius 1 is 1.05 bits per heavy atom. The van der Waals surface area contributed by atoms with Crippen LogP contribution in [0.2, 0.25) is 0 Å². The van der Waals surface area contributed by atoms with Gasteiger partial charge in [-0.1, -0.05) is 0 Å². The highest BCUT2D eigenvalue weighted by atomic mass is 32.2. The van der Waals surface area contributed by atoms with E-state index in [2.05, 4.69) is 0 Å². The van der Waals surface area contributed by atoms with Crippen molar-refractivity contribution in [2.45, 2.75) is 70.0 Å². The first-order chi connectivity index (χ1) is 9.67. The Labute approximate surface area is 126 Å². The summed E-state index contributed by atoms with van der Waals surface area (Å²) < 4.78 is 45.8. The van der Waals surface area contributed by atoms with Crippen molar-refractivity contribution in [3.63, 3.8) is 0 Å². The number of rotatable bonds is 3. The maximum absolute atomic E-state index is 11.5. The van der Waals surface area contributed by atoms with Crippen LogP contribution < -0.4 is 0 Å². The molecule has 0 amide bonds. The molecule has 7 nitrogen and oxygen atoms in total. The molecule has 3 saturated heterocycles. The minimum absolute atomic E-state index is 0.311. The second kappa shape index (κ2) is 5.23. The first kappa shape index (κ1) is 15.8. The van der Waals surface area contributed by atoms with Gasteiger partial charge in [-0.05, 0) is 27.7 Å². The molecule has 3 aliphatic heterocycles. The predicted molar refractivity (Wildman–Crippen MR) is 72.5 cm³/mol. The van der Waals surface area contributed by atoms with Crippen LogP contribution in [0.25, 0.3) is 0 Å². The highest BCUT2D eigenvalue weighted by Crippen LogP contribution is 2.42. The molecule has 0 aromatic heterocycles. The van der Waals surface area contributed by atoms with Crippen LogP contribution in [0.15, 0.2) is 0 Å². The molecule has 3 aliphatic rings. The lowest BCUT2D eigenvalue weighted by Gasteiger charge is -2.28. The molecule has 21 heavy (non-hydrogen) atoms. The Kier molecular flexibility index (Phi) is 3.93. The standard InChI is InChI=1S/C13H22O7S/c1-12(2)15-6-7(17-12)8-9(20-21(5)14)10-11(16-8)19-13(3,4)18-10/h7-11H,6H2,1-5H3/t7-,8-,9+,10-,11-,21?/m1/s1. The van der Waals surface area contributed by atoms with Crippen LogP contribution >= 0.6 is 0 Å². The molecule has 6 atom stereocenters. The van der Waals surface area contributed by atoms with Gasteiger partial charge in [0, 0.05) is 6.26 Å². The van der Waals surface area contributed by atoms with E-state index in [1.807, 2.05) is 27.7 Å². The van der Waals surface area contributed by atoms with E-state index in [-0.39, 0.29) is 6.10 Å². The second-order valence-corrected chi connectivity index (χ2v) is 7.39. The first-order valence-corrected chi connectivity index (χ1v) is 8.49. The van der Waals surface area contributed by atoms with E-state index < -0.39 is 47.3 Å². The van der Waals surface area contributed by atoms with Crippen LogP contribution in [0.5, 0.6) is 0 Å². The fraction of sp³-hybridized carbons (Fsp3) is 1.00. The summed E-state index contributed by atoms with van der Waals surface area (Å²) in [4.78, 5) is 0. The fourth-order valence-corrected chi connectivity index (χ4v) is 3.48. The third kappa shape index (κ3) is 3.17. The minimum atomic E-state index is -1.44. The quantitative estimate of drug-likeness (QED) is 0.757. The Balaban J connectivity index is 1.77. The van der Waals surface area contributed by atoms with E-state index in [0.29, 0.717) is 6.61 Å². The SMILES string of the molecule is CS(=O)O[C@@H]1[C@H]2OC(C)(C)O[C@H]2O[C@@H]1[C@H]1COC(C)(C)O1. The summed E-state index contributed by atoms with van der Waals surface area (Å²) in [6.45, 7) is 7.68. The van der Waals surface area contributed by atoms with Crippen molar-refractivity contribution < 1.29 is 32.1 Å². The van der Waals surface area contributed by atoms with Crippen LogP contribution in [0.1, 0.15) is 27.7 Å². The third-order valence-corrected chi connectivity index (χ3v) is 4.16. The van der Waals surface area contributed by atoms with Crippen LogP contribution in [0.3, 0.4) is 0 Å². The van der Waals surface area contributed by atoms with E-state index in [4.69, 9.17) is 27.9 Å². The average molecular weight is 322 g/mol. The second-order valence-electron chi connectivity index (χ2n) is 6.40. The van der Waals surface area contributed by atoms with Gasteiger partial charge in [-0.3, -0.25) is 4.18 Å². The topological polar surface area (TPSA) is 72.5 Å². The molecule has 0 N–H and O–H groups in total. The van der Waals surface area contributed by atoms with Gasteiger partial charge in [-0.15, -0.1) is 0 Å². The summed E-state index contributed by atoms with van der Waals surface area (Å²) in [6.07, 6.45) is -0.783. The van der Waals surface area contributed by atoms with Gasteiger partial charge in [0.05, 0.1) is 6.61 Å². The van der Waals surface area contributed by atoms with Crippen LogP contribution in [0, 0.1) is 0 Å². The normalized spacial score (nSPS) is 45.7. The average Bonchev–Trinajstić information content (AvgIpc) is 2.90. The number of hydrogen-bond donors (Lipinski definition) is 0. The summed E-state index contributed by atoms with van der Waals surface area (Å²) >= 11 is -1.44. The Hall–Kier alpha value is -0.0900. The maximum atomic E-state index is 11.5. The lowest BCUT2D eigenvalue weighted by atomic mass is 10.1. The van der Waals surface area contributed by atoms with Crippen LogP contribution in [-0.4, -0.2) is 59.4 Å². The molecule has 122 valence electrons. The van der Waals surface area contributed by atoms with Crippen molar-refractivity contribution in [1.29, 1.82) is 0 Å². The van der Waals surface area contributed by atoms with E-state index in [1.54, 1.807) is 0 Å². The third-order valence-electron chi connectivity index (χ3n) is 3.67. The van der Waals surface area contributed by atoms with Gasteiger partial charge in [0.1, 0.15) is 24.4 Å².